The van der Waals surface area contributed by atoms with Crippen LogP contribution in [0.2, 0.25) is 0 Å². The van der Waals surface area contributed by atoms with E-state index in [4.69, 9.17) is 4.74 Å². The van der Waals surface area contributed by atoms with E-state index in [1.807, 2.05) is 6.92 Å². The van der Waals surface area contributed by atoms with Crippen LogP contribution in [0.25, 0.3) is 0 Å². The van der Waals surface area contributed by atoms with Crippen molar-refractivity contribution < 1.29 is 9.53 Å². The molecular weight excluding hydrogens is 455 g/mol. The summed E-state index contributed by atoms with van der Waals surface area (Å²) in [5.74, 6) is 0.542. The topological polar surface area (TPSA) is 74.8 Å². The molecule has 3 N–H and O–H groups in total. The quantitative estimate of drug-likeness (QED) is 0.228. The standard InChI is InChI=1S/C20H32N4O2.HI/c1-4-21-20(23-14-19(25)22-11-12-26-3)24-15(2)17-10-9-16-7-5-6-8-18(16)13-17;/h9-10,13,15H,4-8,11-12,14H2,1-3H3,(H,22,25)(H2,21,23,24);1H. The lowest BCUT2D eigenvalue weighted by Gasteiger charge is -2.21. The van der Waals surface area contributed by atoms with Crippen molar-refractivity contribution >= 4 is 35.8 Å². The Balaban J connectivity index is 0.00000364. The first-order valence-corrected chi connectivity index (χ1v) is 9.56. The molecule has 0 aromatic heterocycles. The maximum atomic E-state index is 11.8. The Morgan fingerprint density at radius 1 is 1.22 bits per heavy atom. The van der Waals surface area contributed by atoms with E-state index < -0.39 is 0 Å². The summed E-state index contributed by atoms with van der Waals surface area (Å²) in [4.78, 5) is 16.2. The van der Waals surface area contributed by atoms with Gasteiger partial charge in [-0.2, -0.15) is 0 Å². The van der Waals surface area contributed by atoms with Gasteiger partial charge in [-0.3, -0.25) is 4.79 Å². The minimum atomic E-state index is -0.110. The lowest BCUT2D eigenvalue weighted by atomic mass is 9.89. The van der Waals surface area contributed by atoms with E-state index in [0.29, 0.717) is 19.1 Å². The van der Waals surface area contributed by atoms with Crippen molar-refractivity contribution in [2.75, 3.05) is 33.4 Å². The van der Waals surface area contributed by atoms with Gasteiger partial charge in [-0.05, 0) is 56.2 Å². The number of guanidine groups is 1. The van der Waals surface area contributed by atoms with Crippen LogP contribution in [0, 0.1) is 0 Å². The lowest BCUT2D eigenvalue weighted by Crippen LogP contribution is -2.40. The van der Waals surface area contributed by atoms with E-state index in [9.17, 15) is 4.79 Å². The first-order chi connectivity index (χ1) is 12.6. The first kappa shape index (κ1) is 23.7. The summed E-state index contributed by atoms with van der Waals surface area (Å²) < 4.78 is 4.92. The van der Waals surface area contributed by atoms with Crippen LogP contribution < -0.4 is 16.0 Å². The molecule has 1 aliphatic rings. The molecule has 1 aromatic rings. The van der Waals surface area contributed by atoms with E-state index in [0.717, 1.165) is 6.54 Å². The summed E-state index contributed by atoms with van der Waals surface area (Å²) in [5.41, 5.74) is 4.21. The average molecular weight is 488 g/mol. The predicted molar refractivity (Wildman–Crippen MR) is 121 cm³/mol. The molecule has 7 heteroatoms. The van der Waals surface area contributed by atoms with E-state index in [1.54, 1.807) is 7.11 Å². The van der Waals surface area contributed by atoms with Gasteiger partial charge in [-0.15, -0.1) is 24.0 Å². The van der Waals surface area contributed by atoms with Gasteiger partial charge in [0, 0.05) is 20.2 Å². The maximum absolute atomic E-state index is 11.8. The van der Waals surface area contributed by atoms with Gasteiger partial charge in [0.2, 0.25) is 5.91 Å². The Morgan fingerprint density at radius 3 is 2.67 bits per heavy atom. The van der Waals surface area contributed by atoms with Crippen molar-refractivity contribution in [3.05, 3.63) is 34.9 Å². The Hall–Kier alpha value is -1.35. The Labute approximate surface area is 179 Å². The number of nitrogens with zero attached hydrogens (tertiary/aromatic N) is 1. The number of amides is 1. The van der Waals surface area contributed by atoms with Gasteiger partial charge in [0.05, 0.1) is 12.6 Å². The van der Waals surface area contributed by atoms with Gasteiger partial charge in [-0.1, -0.05) is 18.2 Å². The van der Waals surface area contributed by atoms with Crippen LogP contribution in [0.1, 0.15) is 49.4 Å². The molecule has 27 heavy (non-hydrogen) atoms. The fourth-order valence-corrected chi connectivity index (χ4v) is 3.13. The van der Waals surface area contributed by atoms with E-state index in [1.165, 1.54) is 42.4 Å². The van der Waals surface area contributed by atoms with Crippen LogP contribution in [0.5, 0.6) is 0 Å². The van der Waals surface area contributed by atoms with Crippen molar-refractivity contribution in [1.82, 2.24) is 16.0 Å². The zero-order chi connectivity index (χ0) is 18.8. The number of ether oxygens (including phenoxy) is 1. The van der Waals surface area contributed by atoms with Crippen molar-refractivity contribution in [2.45, 2.75) is 45.6 Å². The van der Waals surface area contributed by atoms with Gasteiger partial charge >= 0.3 is 0 Å². The first-order valence-electron chi connectivity index (χ1n) is 9.56. The van der Waals surface area contributed by atoms with E-state index in [-0.39, 0.29) is 42.5 Å². The summed E-state index contributed by atoms with van der Waals surface area (Å²) in [6.07, 6.45) is 4.94. The highest BCUT2D eigenvalue weighted by atomic mass is 127. The number of fused-ring (bicyclic) bond motifs is 1. The Morgan fingerprint density at radius 2 is 1.96 bits per heavy atom. The fourth-order valence-electron chi connectivity index (χ4n) is 3.13. The number of halogens is 1. The molecule has 6 nitrogen and oxygen atoms in total. The van der Waals surface area contributed by atoms with E-state index >= 15 is 0 Å². The largest absolute Gasteiger partial charge is 0.383 e. The number of carbonyl (C=O) groups excluding carboxylic acids is 1. The maximum Gasteiger partial charge on any atom is 0.241 e. The Kier molecular flexibility index (Phi) is 11.3. The third kappa shape index (κ3) is 8.04. The second-order valence-corrected chi connectivity index (χ2v) is 6.64. The number of nitrogens with one attached hydrogen (secondary N) is 3. The fraction of sp³-hybridized carbons (Fsp3) is 0.600. The van der Waals surface area contributed by atoms with Crippen LogP contribution in [0.4, 0.5) is 0 Å². The van der Waals surface area contributed by atoms with Gasteiger partial charge in [0.25, 0.3) is 0 Å². The van der Waals surface area contributed by atoms with Crippen LogP contribution in [0.3, 0.4) is 0 Å². The minimum absolute atomic E-state index is 0. The molecule has 0 fully saturated rings. The van der Waals surface area contributed by atoms with Crippen LogP contribution >= 0.6 is 24.0 Å². The molecule has 1 aromatic carbocycles. The summed E-state index contributed by atoms with van der Waals surface area (Å²) in [6.45, 7) is 5.98. The minimum Gasteiger partial charge on any atom is -0.383 e. The lowest BCUT2D eigenvalue weighted by molar-refractivity contribution is -0.119. The molecule has 0 saturated heterocycles. The van der Waals surface area contributed by atoms with Gasteiger partial charge in [-0.25, -0.2) is 4.99 Å². The van der Waals surface area contributed by atoms with E-state index in [2.05, 4.69) is 46.1 Å². The average Bonchev–Trinajstić information content (AvgIpc) is 2.66. The SMILES string of the molecule is CCNC(=NCC(=O)NCCOC)NC(C)c1ccc2c(c1)CCCC2.I. The second-order valence-electron chi connectivity index (χ2n) is 6.64. The predicted octanol–water partition coefficient (Wildman–Crippen LogP) is 2.56. The number of rotatable bonds is 8. The van der Waals surface area contributed by atoms with Crippen molar-refractivity contribution in [3.8, 4) is 0 Å². The van der Waals surface area contributed by atoms with Crippen LogP contribution in [-0.4, -0.2) is 45.2 Å². The summed E-state index contributed by atoms with van der Waals surface area (Å²) in [5, 5.41) is 9.37. The highest BCUT2D eigenvalue weighted by Gasteiger charge is 2.13. The molecular formula is C20H33IN4O2. The third-order valence-corrected chi connectivity index (χ3v) is 4.58. The third-order valence-electron chi connectivity index (χ3n) is 4.58. The van der Waals surface area contributed by atoms with Crippen molar-refractivity contribution in [1.29, 1.82) is 0 Å². The summed E-state index contributed by atoms with van der Waals surface area (Å²) >= 11 is 0. The number of benzene rings is 1. The molecule has 0 radical (unpaired) electrons. The highest BCUT2D eigenvalue weighted by Crippen LogP contribution is 2.24. The molecule has 0 aliphatic heterocycles. The number of aliphatic imine (C=N–C) groups is 1. The highest BCUT2D eigenvalue weighted by molar-refractivity contribution is 14.0. The number of aryl methyl sites for hydroxylation is 2. The summed E-state index contributed by atoms with van der Waals surface area (Å²) in [7, 11) is 1.61. The van der Waals surface area contributed by atoms with Crippen LogP contribution in [-0.2, 0) is 22.4 Å². The molecule has 1 amide bonds. The molecule has 1 atom stereocenters. The normalized spacial score (nSPS) is 14.6. The molecule has 1 unspecified atom stereocenters. The number of carbonyl (C=O) groups is 1. The molecule has 0 spiro atoms. The molecule has 0 heterocycles. The van der Waals surface area contributed by atoms with Gasteiger partial charge < -0.3 is 20.7 Å². The molecule has 1 aliphatic carbocycles. The smallest absolute Gasteiger partial charge is 0.241 e. The zero-order valence-corrected chi connectivity index (χ0v) is 19.0. The van der Waals surface area contributed by atoms with Gasteiger partial charge in [0.1, 0.15) is 6.54 Å². The molecule has 0 saturated carbocycles. The number of hydrogen-bond acceptors (Lipinski definition) is 3. The monoisotopic (exact) mass is 488 g/mol. The van der Waals surface area contributed by atoms with Crippen molar-refractivity contribution in [3.63, 3.8) is 0 Å². The number of methoxy groups -OCH3 is 1. The molecule has 152 valence electrons. The van der Waals surface area contributed by atoms with Gasteiger partial charge in [0.15, 0.2) is 5.96 Å². The zero-order valence-electron chi connectivity index (χ0n) is 16.6. The number of hydrogen-bond donors (Lipinski definition) is 3. The second kappa shape index (κ2) is 12.9. The molecule has 2 rings (SSSR count). The van der Waals surface area contributed by atoms with Crippen molar-refractivity contribution in [2.24, 2.45) is 4.99 Å². The Bertz CT molecular complexity index is 622. The summed E-state index contributed by atoms with van der Waals surface area (Å²) in [6, 6.07) is 6.89. The molecule has 0 bridgehead atoms. The van der Waals surface area contributed by atoms with Crippen LogP contribution in [0.15, 0.2) is 23.2 Å².